The van der Waals surface area contributed by atoms with E-state index in [-0.39, 0.29) is 12.4 Å². The summed E-state index contributed by atoms with van der Waals surface area (Å²) < 4.78 is 35.6. The molecule has 0 unspecified atom stereocenters. The SMILES string of the molecule is CCOc1ccc(C(=O)N/N=C/c2ccc(OCc3ccccc3F)c(OC)c2)cc1OC. The van der Waals surface area contributed by atoms with Crippen molar-refractivity contribution in [2.24, 2.45) is 5.10 Å². The number of halogens is 1. The number of hydrogen-bond acceptors (Lipinski definition) is 6. The molecule has 0 atom stereocenters. The predicted octanol–water partition coefficient (Wildman–Crippen LogP) is 4.58. The van der Waals surface area contributed by atoms with Crippen molar-refractivity contribution in [3.05, 3.63) is 83.2 Å². The fourth-order valence-corrected chi connectivity index (χ4v) is 2.97. The average molecular weight is 452 g/mol. The van der Waals surface area contributed by atoms with E-state index in [0.29, 0.717) is 46.3 Å². The van der Waals surface area contributed by atoms with E-state index in [1.807, 2.05) is 6.92 Å². The van der Waals surface area contributed by atoms with Crippen LogP contribution in [-0.2, 0) is 6.61 Å². The summed E-state index contributed by atoms with van der Waals surface area (Å²) in [5.74, 6) is 1.21. The molecule has 0 saturated carbocycles. The zero-order valence-corrected chi connectivity index (χ0v) is 18.6. The van der Waals surface area contributed by atoms with Gasteiger partial charge in [0.05, 0.1) is 27.0 Å². The third-order valence-electron chi connectivity index (χ3n) is 4.63. The van der Waals surface area contributed by atoms with Gasteiger partial charge in [-0.1, -0.05) is 18.2 Å². The summed E-state index contributed by atoms with van der Waals surface area (Å²) in [4.78, 5) is 12.4. The van der Waals surface area contributed by atoms with E-state index in [0.717, 1.165) is 0 Å². The van der Waals surface area contributed by atoms with Gasteiger partial charge in [0.1, 0.15) is 12.4 Å². The van der Waals surface area contributed by atoms with Crippen molar-refractivity contribution < 1.29 is 28.1 Å². The minimum Gasteiger partial charge on any atom is -0.493 e. The zero-order chi connectivity index (χ0) is 23.6. The van der Waals surface area contributed by atoms with Crippen LogP contribution in [0.1, 0.15) is 28.4 Å². The van der Waals surface area contributed by atoms with Crippen molar-refractivity contribution in [3.63, 3.8) is 0 Å². The zero-order valence-electron chi connectivity index (χ0n) is 18.6. The lowest BCUT2D eigenvalue weighted by molar-refractivity contribution is 0.0954. The first kappa shape index (κ1) is 23.6. The molecule has 0 bridgehead atoms. The van der Waals surface area contributed by atoms with Crippen molar-refractivity contribution in [2.45, 2.75) is 13.5 Å². The second kappa shape index (κ2) is 11.5. The molecule has 172 valence electrons. The quantitative estimate of drug-likeness (QED) is 0.360. The molecule has 7 nitrogen and oxygen atoms in total. The monoisotopic (exact) mass is 452 g/mol. The molecule has 0 fully saturated rings. The predicted molar refractivity (Wildman–Crippen MR) is 123 cm³/mol. The molecule has 0 aliphatic rings. The molecule has 8 heteroatoms. The van der Waals surface area contributed by atoms with Crippen molar-refractivity contribution >= 4 is 12.1 Å². The Morgan fingerprint density at radius 1 is 0.939 bits per heavy atom. The van der Waals surface area contributed by atoms with E-state index in [1.54, 1.807) is 54.6 Å². The summed E-state index contributed by atoms with van der Waals surface area (Å²) in [5.41, 5.74) is 3.97. The van der Waals surface area contributed by atoms with E-state index in [4.69, 9.17) is 18.9 Å². The van der Waals surface area contributed by atoms with E-state index < -0.39 is 5.91 Å². The van der Waals surface area contributed by atoms with Gasteiger partial charge in [-0.2, -0.15) is 5.10 Å². The van der Waals surface area contributed by atoms with Gasteiger partial charge in [-0.05, 0) is 55.0 Å². The third kappa shape index (κ3) is 6.22. The van der Waals surface area contributed by atoms with Gasteiger partial charge in [0.25, 0.3) is 5.91 Å². The number of nitrogens with zero attached hydrogens (tertiary/aromatic N) is 1. The molecule has 0 heterocycles. The topological polar surface area (TPSA) is 78.4 Å². The van der Waals surface area contributed by atoms with Crippen molar-refractivity contribution in [1.29, 1.82) is 0 Å². The van der Waals surface area contributed by atoms with Crippen LogP contribution in [0.2, 0.25) is 0 Å². The molecule has 33 heavy (non-hydrogen) atoms. The molecule has 0 aromatic heterocycles. The Morgan fingerprint density at radius 3 is 2.36 bits per heavy atom. The smallest absolute Gasteiger partial charge is 0.271 e. The minimum atomic E-state index is -0.399. The molecule has 3 aromatic rings. The molecule has 0 aliphatic heterocycles. The summed E-state index contributed by atoms with van der Waals surface area (Å²) >= 11 is 0. The van der Waals surface area contributed by atoms with E-state index in [2.05, 4.69) is 10.5 Å². The van der Waals surface area contributed by atoms with E-state index in [1.165, 1.54) is 26.5 Å². The van der Waals surface area contributed by atoms with Crippen LogP contribution in [0.4, 0.5) is 4.39 Å². The largest absolute Gasteiger partial charge is 0.493 e. The van der Waals surface area contributed by atoms with Crippen LogP contribution in [0.15, 0.2) is 65.8 Å². The van der Waals surface area contributed by atoms with Crippen LogP contribution in [0.25, 0.3) is 0 Å². The Balaban J connectivity index is 1.64. The first-order valence-corrected chi connectivity index (χ1v) is 10.2. The van der Waals surface area contributed by atoms with Gasteiger partial charge in [0, 0.05) is 11.1 Å². The van der Waals surface area contributed by atoms with Crippen LogP contribution in [0.5, 0.6) is 23.0 Å². The summed E-state index contributed by atoms with van der Waals surface area (Å²) in [5, 5.41) is 4.00. The molecule has 0 saturated heterocycles. The van der Waals surface area contributed by atoms with Crippen molar-refractivity contribution in [3.8, 4) is 23.0 Å². The first-order valence-electron chi connectivity index (χ1n) is 10.2. The number of carbonyl (C=O) groups is 1. The highest BCUT2D eigenvalue weighted by molar-refractivity contribution is 5.95. The fourth-order valence-electron chi connectivity index (χ4n) is 2.97. The van der Waals surface area contributed by atoms with Crippen LogP contribution in [0, 0.1) is 5.82 Å². The van der Waals surface area contributed by atoms with Gasteiger partial charge in [-0.3, -0.25) is 4.79 Å². The van der Waals surface area contributed by atoms with Gasteiger partial charge in [-0.15, -0.1) is 0 Å². The lowest BCUT2D eigenvalue weighted by Gasteiger charge is -2.12. The highest BCUT2D eigenvalue weighted by Gasteiger charge is 2.11. The molecule has 1 amide bonds. The summed E-state index contributed by atoms with van der Waals surface area (Å²) in [6, 6.07) is 16.4. The number of benzene rings is 3. The highest BCUT2D eigenvalue weighted by Crippen LogP contribution is 2.29. The Kier molecular flexibility index (Phi) is 8.24. The molecule has 0 radical (unpaired) electrons. The summed E-state index contributed by atoms with van der Waals surface area (Å²) in [6.45, 7) is 2.42. The molecular weight excluding hydrogens is 427 g/mol. The van der Waals surface area contributed by atoms with Gasteiger partial charge < -0.3 is 18.9 Å². The van der Waals surface area contributed by atoms with Crippen LogP contribution in [-0.4, -0.2) is 32.9 Å². The number of hydrogen-bond donors (Lipinski definition) is 1. The normalized spacial score (nSPS) is 10.7. The Labute approximate surface area is 191 Å². The van der Waals surface area contributed by atoms with Crippen LogP contribution in [0.3, 0.4) is 0 Å². The molecule has 3 rings (SSSR count). The van der Waals surface area contributed by atoms with Gasteiger partial charge in [-0.25, -0.2) is 9.82 Å². The highest BCUT2D eigenvalue weighted by atomic mass is 19.1. The van der Waals surface area contributed by atoms with Gasteiger partial charge in [0.2, 0.25) is 0 Å². The number of carbonyl (C=O) groups excluding carboxylic acids is 1. The van der Waals surface area contributed by atoms with Crippen LogP contribution < -0.4 is 24.4 Å². The standard InChI is InChI=1S/C25H25FN2O5/c1-4-32-21-12-10-18(14-24(21)31-3)25(29)28-27-15-17-9-11-22(23(13-17)30-2)33-16-19-7-5-6-8-20(19)26/h5-15H,4,16H2,1-3H3,(H,28,29)/b27-15+. The number of rotatable bonds is 10. The Hall–Kier alpha value is -4.07. The third-order valence-corrected chi connectivity index (χ3v) is 4.63. The van der Waals surface area contributed by atoms with E-state index in [9.17, 15) is 9.18 Å². The number of nitrogens with one attached hydrogen (secondary N) is 1. The molecule has 3 aromatic carbocycles. The second-order valence-electron chi connectivity index (χ2n) is 6.79. The van der Waals surface area contributed by atoms with Crippen molar-refractivity contribution in [2.75, 3.05) is 20.8 Å². The second-order valence-corrected chi connectivity index (χ2v) is 6.79. The molecular formula is C25H25FN2O5. The van der Waals surface area contributed by atoms with Gasteiger partial charge in [0.15, 0.2) is 23.0 Å². The summed E-state index contributed by atoms with van der Waals surface area (Å²) in [6.07, 6.45) is 1.48. The Bertz CT molecular complexity index is 1130. The van der Waals surface area contributed by atoms with Gasteiger partial charge >= 0.3 is 0 Å². The first-order chi connectivity index (χ1) is 16.0. The lowest BCUT2D eigenvalue weighted by Crippen LogP contribution is -2.17. The average Bonchev–Trinajstić information content (AvgIpc) is 2.84. The molecule has 0 aliphatic carbocycles. The Morgan fingerprint density at radius 2 is 1.64 bits per heavy atom. The maximum atomic E-state index is 13.8. The lowest BCUT2D eigenvalue weighted by atomic mass is 10.2. The van der Waals surface area contributed by atoms with E-state index >= 15 is 0 Å². The minimum absolute atomic E-state index is 0.0675. The summed E-state index contributed by atoms with van der Waals surface area (Å²) in [7, 11) is 3.02. The maximum absolute atomic E-state index is 13.8. The number of ether oxygens (including phenoxy) is 4. The number of hydrazone groups is 1. The number of amides is 1. The van der Waals surface area contributed by atoms with Crippen LogP contribution >= 0.6 is 0 Å². The van der Waals surface area contributed by atoms with Crippen molar-refractivity contribution in [1.82, 2.24) is 5.43 Å². The molecule has 1 N–H and O–H groups in total. The molecule has 0 spiro atoms. The maximum Gasteiger partial charge on any atom is 0.271 e. The number of methoxy groups -OCH3 is 2. The fraction of sp³-hybridized carbons (Fsp3) is 0.200.